The molecule has 0 saturated carbocycles. The van der Waals surface area contributed by atoms with E-state index in [1.165, 1.54) is 0 Å². The summed E-state index contributed by atoms with van der Waals surface area (Å²) in [6.45, 7) is 0. The number of primary amides is 1. The van der Waals surface area contributed by atoms with Gasteiger partial charge in [0.2, 0.25) is 23.6 Å². The number of nitrogens with two attached hydrogens (primary N) is 2. The van der Waals surface area contributed by atoms with E-state index in [0.29, 0.717) is 5.56 Å². The van der Waals surface area contributed by atoms with Gasteiger partial charge in [-0.25, -0.2) is 4.79 Å². The normalized spacial score (nSPS) is 13.7. The third kappa shape index (κ3) is 8.89. The van der Waals surface area contributed by atoms with Crippen LogP contribution in [0.3, 0.4) is 0 Å². The Kier molecular flexibility index (Phi) is 10.7. The molecule has 0 aliphatic rings. The number of fused-ring (bicyclic) bond motifs is 1. The van der Waals surface area contributed by atoms with Crippen molar-refractivity contribution in [3.63, 3.8) is 0 Å². The minimum absolute atomic E-state index is 0.0861. The average molecular weight is 581 g/mol. The quantitative estimate of drug-likeness (QED) is 0.112. The molecule has 0 fully saturated rings. The lowest BCUT2D eigenvalue weighted by atomic mass is 10.0. The first-order valence-corrected chi connectivity index (χ1v) is 12.9. The number of carbonyl (C=O) groups excluding carboxylic acids is 4. The van der Waals surface area contributed by atoms with Gasteiger partial charge in [-0.15, -0.1) is 0 Å². The van der Waals surface area contributed by atoms with Crippen LogP contribution in [-0.2, 0) is 41.6 Å². The highest BCUT2D eigenvalue weighted by Crippen LogP contribution is 2.18. The maximum Gasteiger partial charge on any atom is 0.326 e. The zero-order chi connectivity index (χ0) is 30.8. The molecule has 0 radical (unpaired) electrons. The van der Waals surface area contributed by atoms with Crippen LogP contribution in [0.25, 0.3) is 10.9 Å². The van der Waals surface area contributed by atoms with Crippen molar-refractivity contribution in [1.82, 2.24) is 20.9 Å². The number of para-hydroxylation sites is 1. The maximum atomic E-state index is 13.1. The minimum Gasteiger partial charge on any atom is -0.481 e. The summed E-state index contributed by atoms with van der Waals surface area (Å²) in [7, 11) is 0. The summed E-state index contributed by atoms with van der Waals surface area (Å²) < 4.78 is 0. The van der Waals surface area contributed by atoms with Crippen LogP contribution in [-0.4, -0.2) is 74.9 Å². The fourth-order valence-corrected chi connectivity index (χ4v) is 4.30. The number of aromatic amines is 1. The van der Waals surface area contributed by atoms with Gasteiger partial charge in [0, 0.05) is 23.5 Å². The second-order valence-corrected chi connectivity index (χ2v) is 9.65. The smallest absolute Gasteiger partial charge is 0.326 e. The maximum absolute atomic E-state index is 13.1. The fourth-order valence-electron chi connectivity index (χ4n) is 4.30. The third-order valence-electron chi connectivity index (χ3n) is 6.40. The summed E-state index contributed by atoms with van der Waals surface area (Å²) in [5.41, 5.74) is 13.5. The highest BCUT2D eigenvalue weighted by Gasteiger charge is 2.32. The van der Waals surface area contributed by atoms with Gasteiger partial charge in [0.1, 0.15) is 18.1 Å². The zero-order valence-electron chi connectivity index (χ0n) is 22.4. The van der Waals surface area contributed by atoms with Crippen molar-refractivity contribution in [2.24, 2.45) is 11.5 Å². The molecule has 4 unspecified atom stereocenters. The van der Waals surface area contributed by atoms with Gasteiger partial charge >= 0.3 is 11.9 Å². The van der Waals surface area contributed by atoms with Gasteiger partial charge in [0.25, 0.3) is 0 Å². The van der Waals surface area contributed by atoms with E-state index in [0.717, 1.165) is 16.5 Å². The Balaban J connectivity index is 1.70. The van der Waals surface area contributed by atoms with Crippen molar-refractivity contribution in [1.29, 1.82) is 0 Å². The van der Waals surface area contributed by atoms with Crippen LogP contribution >= 0.6 is 0 Å². The molecule has 14 heteroatoms. The van der Waals surface area contributed by atoms with E-state index in [-0.39, 0.29) is 12.8 Å². The molecule has 0 aliphatic heterocycles. The molecule has 2 aromatic carbocycles. The van der Waals surface area contributed by atoms with E-state index in [4.69, 9.17) is 11.5 Å². The molecule has 10 N–H and O–H groups in total. The molecule has 4 amide bonds. The summed E-state index contributed by atoms with van der Waals surface area (Å²) in [4.78, 5) is 76.8. The Morgan fingerprint density at radius 3 is 1.93 bits per heavy atom. The van der Waals surface area contributed by atoms with Gasteiger partial charge in [0.05, 0.1) is 18.9 Å². The van der Waals surface area contributed by atoms with E-state index >= 15 is 0 Å². The number of amides is 4. The van der Waals surface area contributed by atoms with Gasteiger partial charge in [-0.1, -0.05) is 48.5 Å². The number of hydrogen-bond acceptors (Lipinski definition) is 7. The van der Waals surface area contributed by atoms with Crippen molar-refractivity contribution in [2.75, 3.05) is 0 Å². The topological polar surface area (TPSA) is 247 Å². The van der Waals surface area contributed by atoms with Crippen LogP contribution < -0.4 is 27.4 Å². The first kappa shape index (κ1) is 31.3. The van der Waals surface area contributed by atoms with Crippen molar-refractivity contribution in [2.45, 2.75) is 49.9 Å². The lowest BCUT2D eigenvalue weighted by Crippen LogP contribution is -2.58. The number of H-pyrrole nitrogens is 1. The number of nitrogens with one attached hydrogen (secondary N) is 4. The highest BCUT2D eigenvalue weighted by molar-refractivity contribution is 5.97. The summed E-state index contributed by atoms with van der Waals surface area (Å²) in [6.07, 6.45) is 0.0902. The standard InChI is InChI=1S/C28H32N6O8/c29-18(11-16-14-31-19-9-5-4-8-17(16)19)25(38)32-20(12-23(30)35)26(39)33-21(13-24(36)37)27(40)34-22(28(41)42)10-15-6-2-1-3-7-15/h1-9,14,18,20-22,31H,10-13,29H2,(H2,30,35)(H,32,38)(H,33,39)(H,34,40)(H,36,37)(H,41,42). The molecule has 1 aromatic heterocycles. The van der Waals surface area contributed by atoms with Crippen LogP contribution in [0, 0.1) is 0 Å². The Morgan fingerprint density at radius 2 is 1.31 bits per heavy atom. The summed E-state index contributed by atoms with van der Waals surface area (Å²) >= 11 is 0. The molecule has 0 aliphatic carbocycles. The monoisotopic (exact) mass is 580 g/mol. The second kappa shape index (κ2) is 14.4. The van der Waals surface area contributed by atoms with Gasteiger partial charge in [-0.2, -0.15) is 0 Å². The molecule has 222 valence electrons. The molecule has 0 saturated heterocycles. The van der Waals surface area contributed by atoms with Crippen LogP contribution in [0.2, 0.25) is 0 Å². The van der Waals surface area contributed by atoms with Crippen LogP contribution in [0.4, 0.5) is 0 Å². The van der Waals surface area contributed by atoms with Crippen LogP contribution in [0.1, 0.15) is 24.0 Å². The first-order valence-electron chi connectivity index (χ1n) is 12.9. The number of hydrogen-bond donors (Lipinski definition) is 8. The van der Waals surface area contributed by atoms with Gasteiger partial charge in [-0.05, 0) is 23.6 Å². The van der Waals surface area contributed by atoms with E-state index < -0.39 is 72.6 Å². The van der Waals surface area contributed by atoms with Crippen LogP contribution in [0.5, 0.6) is 0 Å². The Labute approximate surface area is 239 Å². The van der Waals surface area contributed by atoms with E-state index in [9.17, 15) is 39.0 Å². The van der Waals surface area contributed by atoms with Crippen LogP contribution in [0.15, 0.2) is 60.8 Å². The summed E-state index contributed by atoms with van der Waals surface area (Å²) in [5.74, 6) is -6.78. The summed E-state index contributed by atoms with van der Waals surface area (Å²) in [5, 5.41) is 26.5. The number of carboxylic acid groups (broad SMARTS) is 2. The number of aromatic nitrogens is 1. The number of aliphatic carboxylic acids is 2. The third-order valence-corrected chi connectivity index (χ3v) is 6.40. The minimum atomic E-state index is -1.74. The molecule has 3 aromatic rings. The number of carboxylic acids is 2. The molecule has 0 bridgehead atoms. The van der Waals surface area contributed by atoms with E-state index in [1.54, 1.807) is 36.5 Å². The van der Waals surface area contributed by atoms with Gasteiger partial charge < -0.3 is 42.6 Å². The predicted molar refractivity (Wildman–Crippen MR) is 150 cm³/mol. The molecule has 0 spiro atoms. The van der Waals surface area contributed by atoms with Gasteiger partial charge in [-0.3, -0.25) is 24.0 Å². The first-order chi connectivity index (χ1) is 19.9. The lowest BCUT2D eigenvalue weighted by molar-refractivity contribution is -0.143. The lowest BCUT2D eigenvalue weighted by Gasteiger charge is -2.24. The highest BCUT2D eigenvalue weighted by atomic mass is 16.4. The van der Waals surface area contributed by atoms with E-state index in [2.05, 4.69) is 20.9 Å². The Morgan fingerprint density at radius 1 is 0.738 bits per heavy atom. The van der Waals surface area contributed by atoms with Crippen molar-refractivity contribution >= 4 is 46.5 Å². The Hall–Kier alpha value is -5.24. The van der Waals surface area contributed by atoms with Crippen molar-refractivity contribution in [3.05, 3.63) is 71.9 Å². The molecule has 3 rings (SSSR count). The fraction of sp³-hybridized carbons (Fsp3) is 0.286. The van der Waals surface area contributed by atoms with Crippen molar-refractivity contribution < 1.29 is 39.0 Å². The Bertz CT molecular complexity index is 1460. The molecular weight excluding hydrogens is 548 g/mol. The van der Waals surface area contributed by atoms with Crippen molar-refractivity contribution in [3.8, 4) is 0 Å². The SMILES string of the molecule is NC(=O)CC(NC(=O)C(N)Cc1c[nH]c2ccccc12)C(=O)NC(CC(=O)O)C(=O)NC(Cc1ccccc1)C(=O)O. The van der Waals surface area contributed by atoms with E-state index in [1.807, 2.05) is 24.3 Å². The summed E-state index contributed by atoms with van der Waals surface area (Å²) in [6, 6.07) is 9.85. The molecule has 42 heavy (non-hydrogen) atoms. The largest absolute Gasteiger partial charge is 0.481 e. The predicted octanol–water partition coefficient (Wildman–Crippen LogP) is -0.830. The second-order valence-electron chi connectivity index (χ2n) is 9.65. The zero-order valence-corrected chi connectivity index (χ0v) is 22.4. The number of carbonyl (C=O) groups is 6. The molecule has 14 nitrogen and oxygen atoms in total. The molecular formula is C28H32N6O8. The molecule has 4 atom stereocenters. The van der Waals surface area contributed by atoms with Gasteiger partial charge in [0.15, 0.2) is 0 Å². The molecule has 1 heterocycles. The number of benzene rings is 2. The number of rotatable bonds is 15. The average Bonchev–Trinajstić information content (AvgIpc) is 3.34.